The predicted octanol–water partition coefficient (Wildman–Crippen LogP) is 1.65. The summed E-state index contributed by atoms with van der Waals surface area (Å²) in [6, 6.07) is -0.932. The van der Waals surface area contributed by atoms with E-state index in [0.717, 1.165) is 12.8 Å². The van der Waals surface area contributed by atoms with Gasteiger partial charge in [-0.25, -0.2) is 13.8 Å². The molecule has 0 aromatic carbocycles. The molecule has 9 heteroatoms. The van der Waals surface area contributed by atoms with Crippen molar-refractivity contribution in [1.82, 2.24) is 21.1 Å². The fourth-order valence-electron chi connectivity index (χ4n) is 3.94. The Morgan fingerprint density at radius 1 is 1.25 bits per heavy atom. The van der Waals surface area contributed by atoms with E-state index in [0.29, 0.717) is 19.4 Å². The molecule has 3 rings (SSSR count). The van der Waals surface area contributed by atoms with Crippen LogP contribution in [0.4, 0.5) is 8.78 Å². The molecule has 2 saturated heterocycles. The number of rotatable bonds is 3. The highest BCUT2D eigenvalue weighted by Gasteiger charge is 2.48. The van der Waals surface area contributed by atoms with E-state index in [4.69, 9.17) is 23.2 Å². The molecule has 3 N–H and O–H groups in total. The largest absolute Gasteiger partial charge is 0.353 e. The number of hydrazine groups is 1. The number of nitrogens with zero attached hydrogens (tertiary/aromatic N) is 1. The molecule has 7 atom stereocenters. The van der Waals surface area contributed by atoms with Gasteiger partial charge in [-0.3, -0.25) is 15.5 Å². The Hall–Kier alpha value is -0.210. The summed E-state index contributed by atoms with van der Waals surface area (Å²) in [4.78, 5) is 12.7. The van der Waals surface area contributed by atoms with Gasteiger partial charge in [0, 0.05) is 18.6 Å². The third-order valence-corrected chi connectivity index (χ3v) is 6.38. The summed E-state index contributed by atoms with van der Waals surface area (Å²) in [5.41, 5.74) is 2.98. The standard InChI is InChI=1S/C15H24Cl2F2N4O/c1-7-4-12(13(18)19)23-14(21-7)9(6-20-23)15(24)22-8-2-3-10(16)11(17)5-8/h7-14,20-21H,2-6H2,1H3,(H,22,24). The Bertz CT molecular complexity index is 473. The smallest absolute Gasteiger partial charge is 0.255 e. The van der Waals surface area contributed by atoms with Gasteiger partial charge in [0.25, 0.3) is 6.43 Å². The Kier molecular flexibility index (Phi) is 5.87. The lowest BCUT2D eigenvalue weighted by Gasteiger charge is -2.41. The normalized spacial score (nSPS) is 43.7. The lowest BCUT2D eigenvalue weighted by Crippen LogP contribution is -2.63. The summed E-state index contributed by atoms with van der Waals surface area (Å²) in [5, 5.41) is 7.61. The minimum Gasteiger partial charge on any atom is -0.353 e. The van der Waals surface area contributed by atoms with Gasteiger partial charge in [0.2, 0.25) is 5.91 Å². The number of nitrogens with one attached hydrogen (secondary N) is 3. The molecule has 5 nitrogen and oxygen atoms in total. The molecule has 2 aliphatic heterocycles. The fourth-order valence-corrected chi connectivity index (χ4v) is 4.51. The maximum absolute atomic E-state index is 13.3. The van der Waals surface area contributed by atoms with Crippen LogP contribution in [0.2, 0.25) is 0 Å². The molecule has 0 spiro atoms. The van der Waals surface area contributed by atoms with Gasteiger partial charge >= 0.3 is 0 Å². The zero-order chi connectivity index (χ0) is 17.4. The van der Waals surface area contributed by atoms with Crippen LogP contribution in [0.15, 0.2) is 0 Å². The number of halogens is 4. The molecule has 0 aromatic rings. The van der Waals surface area contributed by atoms with Gasteiger partial charge in [-0.05, 0) is 32.6 Å². The molecule has 138 valence electrons. The van der Waals surface area contributed by atoms with E-state index < -0.39 is 24.6 Å². The molecule has 7 unspecified atom stereocenters. The number of carbonyl (C=O) groups is 1. The zero-order valence-electron chi connectivity index (χ0n) is 13.5. The van der Waals surface area contributed by atoms with Crippen LogP contribution >= 0.6 is 23.2 Å². The summed E-state index contributed by atoms with van der Waals surface area (Å²) in [7, 11) is 0. The number of fused-ring (bicyclic) bond motifs is 1. The van der Waals surface area contributed by atoms with E-state index in [2.05, 4.69) is 16.1 Å². The van der Waals surface area contributed by atoms with E-state index in [-0.39, 0.29) is 28.7 Å². The van der Waals surface area contributed by atoms with Gasteiger partial charge in [-0.15, -0.1) is 23.2 Å². The van der Waals surface area contributed by atoms with E-state index >= 15 is 0 Å². The van der Waals surface area contributed by atoms with Crippen molar-refractivity contribution in [2.75, 3.05) is 6.54 Å². The van der Waals surface area contributed by atoms with E-state index in [1.54, 1.807) is 0 Å². The van der Waals surface area contributed by atoms with Crippen LogP contribution in [0.5, 0.6) is 0 Å². The van der Waals surface area contributed by atoms with Gasteiger partial charge in [-0.1, -0.05) is 0 Å². The van der Waals surface area contributed by atoms with E-state index in [1.165, 1.54) is 5.01 Å². The molecule has 1 saturated carbocycles. The summed E-state index contributed by atoms with van der Waals surface area (Å²) >= 11 is 12.3. The van der Waals surface area contributed by atoms with Crippen LogP contribution in [-0.2, 0) is 4.79 Å². The molecule has 1 amide bonds. The summed E-state index contributed by atoms with van der Waals surface area (Å²) in [6.07, 6.45) is -0.308. The highest BCUT2D eigenvalue weighted by Crippen LogP contribution is 2.30. The lowest BCUT2D eigenvalue weighted by atomic mass is 9.93. The third-order valence-electron chi connectivity index (χ3n) is 5.25. The van der Waals surface area contributed by atoms with Gasteiger partial charge < -0.3 is 5.32 Å². The molecule has 24 heavy (non-hydrogen) atoms. The average molecular weight is 385 g/mol. The van der Waals surface area contributed by atoms with Crippen molar-refractivity contribution < 1.29 is 13.6 Å². The minimum atomic E-state index is -2.44. The van der Waals surface area contributed by atoms with Gasteiger partial charge in [-0.2, -0.15) is 0 Å². The molecule has 0 radical (unpaired) electrons. The Morgan fingerprint density at radius 3 is 2.67 bits per heavy atom. The number of alkyl halides is 4. The quantitative estimate of drug-likeness (QED) is 0.647. The first kappa shape index (κ1) is 18.6. The third kappa shape index (κ3) is 3.80. The van der Waals surface area contributed by atoms with Gasteiger partial charge in [0.1, 0.15) is 0 Å². The van der Waals surface area contributed by atoms with Crippen molar-refractivity contribution in [3.8, 4) is 0 Å². The lowest BCUT2D eigenvalue weighted by molar-refractivity contribution is -0.128. The van der Waals surface area contributed by atoms with Crippen molar-refractivity contribution in [3.63, 3.8) is 0 Å². The number of hydrogen-bond donors (Lipinski definition) is 3. The van der Waals surface area contributed by atoms with Crippen LogP contribution in [0, 0.1) is 5.92 Å². The Balaban J connectivity index is 1.61. The monoisotopic (exact) mass is 384 g/mol. The zero-order valence-corrected chi connectivity index (χ0v) is 15.0. The van der Waals surface area contributed by atoms with Crippen LogP contribution in [0.3, 0.4) is 0 Å². The maximum atomic E-state index is 13.3. The number of carbonyl (C=O) groups excluding carboxylic acids is 1. The molecule has 2 heterocycles. The molecular weight excluding hydrogens is 361 g/mol. The van der Waals surface area contributed by atoms with Crippen LogP contribution in [0.25, 0.3) is 0 Å². The SMILES string of the molecule is CC1CC(C(F)F)N2NCC(C(=O)NC3CCC(Cl)C(Cl)C3)C2N1. The molecule has 1 aliphatic carbocycles. The summed E-state index contributed by atoms with van der Waals surface area (Å²) < 4.78 is 26.6. The number of amides is 1. The number of hydrogen-bond acceptors (Lipinski definition) is 4. The van der Waals surface area contributed by atoms with E-state index in [1.807, 2.05) is 6.92 Å². The molecule has 3 aliphatic rings. The van der Waals surface area contributed by atoms with Gasteiger partial charge in [0.15, 0.2) is 0 Å². The molecule has 3 fully saturated rings. The predicted molar refractivity (Wildman–Crippen MR) is 89.2 cm³/mol. The second-order valence-electron chi connectivity index (χ2n) is 7.08. The van der Waals surface area contributed by atoms with Crippen molar-refractivity contribution in [1.29, 1.82) is 0 Å². The first-order valence-electron chi connectivity index (χ1n) is 8.51. The van der Waals surface area contributed by atoms with Crippen molar-refractivity contribution >= 4 is 29.1 Å². The van der Waals surface area contributed by atoms with E-state index in [9.17, 15) is 13.6 Å². The second-order valence-corrected chi connectivity index (χ2v) is 8.20. The fraction of sp³-hybridized carbons (Fsp3) is 0.933. The Morgan fingerprint density at radius 2 is 2.00 bits per heavy atom. The Labute approximate surface area is 150 Å². The topological polar surface area (TPSA) is 56.4 Å². The van der Waals surface area contributed by atoms with Crippen LogP contribution in [0.1, 0.15) is 32.6 Å². The highest BCUT2D eigenvalue weighted by molar-refractivity contribution is 6.30. The molecule has 0 aromatic heterocycles. The summed E-state index contributed by atoms with van der Waals surface area (Å²) in [6.45, 7) is 2.23. The second kappa shape index (κ2) is 7.58. The minimum absolute atomic E-state index is 0.00374. The van der Waals surface area contributed by atoms with Crippen LogP contribution < -0.4 is 16.1 Å². The summed E-state index contributed by atoms with van der Waals surface area (Å²) in [5.74, 6) is -0.525. The van der Waals surface area contributed by atoms with Crippen LogP contribution in [-0.4, -0.2) is 58.9 Å². The van der Waals surface area contributed by atoms with Crippen molar-refractivity contribution in [3.05, 3.63) is 0 Å². The first-order chi connectivity index (χ1) is 11.4. The van der Waals surface area contributed by atoms with Crippen molar-refractivity contribution in [2.24, 2.45) is 5.92 Å². The molecular formula is C15H24Cl2F2N4O. The maximum Gasteiger partial charge on any atom is 0.255 e. The average Bonchev–Trinajstić information content (AvgIpc) is 2.93. The van der Waals surface area contributed by atoms with Gasteiger partial charge in [0.05, 0.1) is 28.9 Å². The van der Waals surface area contributed by atoms with Crippen molar-refractivity contribution in [2.45, 2.75) is 74.1 Å². The highest BCUT2D eigenvalue weighted by atomic mass is 35.5. The first-order valence-corrected chi connectivity index (χ1v) is 9.38. The molecule has 0 bridgehead atoms.